The zero-order valence-electron chi connectivity index (χ0n) is 14.6. The molecule has 0 aromatic heterocycles. The Balaban J connectivity index is 1.62. The Kier molecular flexibility index (Phi) is 8.42. The minimum Gasteiger partial charge on any atom is -0.490 e. The molecule has 0 aliphatic heterocycles. The maximum absolute atomic E-state index is 12.8. The number of esters is 1. The van der Waals surface area contributed by atoms with Crippen molar-refractivity contribution in [1.82, 2.24) is 0 Å². The number of hydrogen-bond acceptors (Lipinski definition) is 5. The normalized spacial score (nSPS) is 11.5. The van der Waals surface area contributed by atoms with Gasteiger partial charge in [0.05, 0.1) is 5.75 Å². The third kappa shape index (κ3) is 7.88. The molecule has 0 aliphatic carbocycles. The summed E-state index contributed by atoms with van der Waals surface area (Å²) in [5.41, 5.74) is 0.497. The van der Waals surface area contributed by atoms with Crippen LogP contribution < -0.4 is 10.1 Å². The van der Waals surface area contributed by atoms with Crippen LogP contribution in [0.2, 0.25) is 5.02 Å². The van der Waals surface area contributed by atoms with Gasteiger partial charge in [-0.25, -0.2) is 4.39 Å². The van der Waals surface area contributed by atoms with Crippen LogP contribution in [0.15, 0.2) is 48.5 Å². The molecule has 0 unspecified atom stereocenters. The third-order valence-electron chi connectivity index (χ3n) is 3.33. The smallest absolute Gasteiger partial charge is 0.318 e. The lowest BCUT2D eigenvalue weighted by molar-refractivity contribution is -0.143. The van der Waals surface area contributed by atoms with Gasteiger partial charge in [-0.2, -0.15) is 0 Å². The van der Waals surface area contributed by atoms with E-state index >= 15 is 0 Å². The summed E-state index contributed by atoms with van der Waals surface area (Å²) >= 11 is 6.94. The lowest BCUT2D eigenvalue weighted by Crippen LogP contribution is -2.23. The topological polar surface area (TPSA) is 64.6 Å². The molecule has 0 saturated carbocycles. The summed E-state index contributed by atoms with van der Waals surface area (Å²) in [6.07, 6.45) is 0. The van der Waals surface area contributed by atoms with Gasteiger partial charge in [0.25, 0.3) is 0 Å². The fourth-order valence-corrected chi connectivity index (χ4v) is 2.75. The number of halogens is 2. The van der Waals surface area contributed by atoms with Crippen LogP contribution >= 0.6 is 23.4 Å². The van der Waals surface area contributed by atoms with E-state index in [1.54, 1.807) is 31.2 Å². The molecule has 8 heteroatoms. The van der Waals surface area contributed by atoms with Gasteiger partial charge in [0, 0.05) is 10.7 Å². The molecule has 1 N–H and O–H groups in total. The molecule has 0 bridgehead atoms. The molecule has 0 fully saturated rings. The molecule has 0 heterocycles. The van der Waals surface area contributed by atoms with Crippen LogP contribution in [0.25, 0.3) is 0 Å². The van der Waals surface area contributed by atoms with Gasteiger partial charge in [-0.3, -0.25) is 9.59 Å². The van der Waals surface area contributed by atoms with Crippen molar-refractivity contribution < 1.29 is 23.5 Å². The monoisotopic (exact) mass is 411 g/mol. The van der Waals surface area contributed by atoms with E-state index in [1.165, 1.54) is 24.3 Å². The second kappa shape index (κ2) is 10.8. The van der Waals surface area contributed by atoms with E-state index in [4.69, 9.17) is 21.1 Å². The zero-order chi connectivity index (χ0) is 19.6. The highest BCUT2D eigenvalue weighted by atomic mass is 35.5. The Hall–Kier alpha value is -2.25. The lowest BCUT2D eigenvalue weighted by Gasteiger charge is -2.12. The highest BCUT2D eigenvalue weighted by molar-refractivity contribution is 8.01. The summed E-state index contributed by atoms with van der Waals surface area (Å²) in [5, 5.41) is 2.74. The molecule has 0 saturated heterocycles. The molecule has 27 heavy (non-hydrogen) atoms. The van der Waals surface area contributed by atoms with Crippen molar-refractivity contribution in [1.29, 1.82) is 0 Å². The summed E-state index contributed by atoms with van der Waals surface area (Å²) in [7, 11) is 0. The Labute approximate surface area is 166 Å². The van der Waals surface area contributed by atoms with Crippen molar-refractivity contribution in [3.63, 3.8) is 0 Å². The van der Waals surface area contributed by atoms with Gasteiger partial charge in [-0.05, 0) is 55.5 Å². The highest BCUT2D eigenvalue weighted by Gasteiger charge is 2.16. The number of benzene rings is 2. The van der Waals surface area contributed by atoms with Crippen molar-refractivity contribution in [3.05, 3.63) is 59.4 Å². The molecule has 0 spiro atoms. The summed E-state index contributed by atoms with van der Waals surface area (Å²) in [6, 6.07) is 12.3. The molecule has 0 aliphatic rings. The van der Waals surface area contributed by atoms with Gasteiger partial charge in [0.15, 0.2) is 0 Å². The van der Waals surface area contributed by atoms with Crippen molar-refractivity contribution in [2.24, 2.45) is 0 Å². The Morgan fingerprint density at radius 1 is 1.11 bits per heavy atom. The van der Waals surface area contributed by atoms with Crippen LogP contribution in [0.3, 0.4) is 0 Å². The molecule has 2 aromatic rings. The minimum atomic E-state index is -0.500. The summed E-state index contributed by atoms with van der Waals surface area (Å²) in [6.45, 7) is 1.99. The van der Waals surface area contributed by atoms with E-state index < -0.39 is 11.2 Å². The van der Waals surface area contributed by atoms with E-state index in [2.05, 4.69) is 5.32 Å². The molecular weight excluding hydrogens is 393 g/mol. The maximum atomic E-state index is 12.8. The fourth-order valence-electron chi connectivity index (χ4n) is 1.95. The lowest BCUT2D eigenvalue weighted by atomic mass is 10.3. The number of thioether (sulfide) groups is 1. The number of anilines is 1. The summed E-state index contributed by atoms with van der Waals surface area (Å²) in [5.74, 6) is -0.365. The Morgan fingerprint density at radius 3 is 2.44 bits per heavy atom. The number of amides is 1. The van der Waals surface area contributed by atoms with Crippen molar-refractivity contribution in [3.8, 4) is 5.75 Å². The quantitative estimate of drug-likeness (QED) is 0.495. The minimum absolute atomic E-state index is 0.0783. The molecule has 0 radical (unpaired) electrons. The largest absolute Gasteiger partial charge is 0.490 e. The van der Waals surface area contributed by atoms with Crippen molar-refractivity contribution in [2.75, 3.05) is 24.3 Å². The van der Waals surface area contributed by atoms with E-state index in [9.17, 15) is 14.0 Å². The van der Waals surface area contributed by atoms with Crippen molar-refractivity contribution >= 4 is 40.9 Å². The molecular formula is C19H19ClFNO4S. The molecule has 5 nitrogen and oxygen atoms in total. The number of rotatable bonds is 9. The standard InChI is InChI=1S/C19H19ClFNO4S/c1-13(27-12-18(23)22-16-6-4-15(21)5-7-16)19(24)26-11-10-25-17-8-2-14(20)3-9-17/h2-9,13H,10-12H2,1H3,(H,22,23)/t13-/m0/s1. The molecule has 1 atom stereocenters. The highest BCUT2D eigenvalue weighted by Crippen LogP contribution is 2.16. The van der Waals surface area contributed by atoms with Gasteiger partial charge in [0.1, 0.15) is 30.0 Å². The van der Waals surface area contributed by atoms with Crippen LogP contribution in [-0.4, -0.2) is 36.1 Å². The Morgan fingerprint density at radius 2 is 1.78 bits per heavy atom. The van der Waals surface area contributed by atoms with Crippen LogP contribution in [-0.2, 0) is 14.3 Å². The van der Waals surface area contributed by atoms with Gasteiger partial charge < -0.3 is 14.8 Å². The van der Waals surface area contributed by atoms with E-state index in [-0.39, 0.29) is 30.7 Å². The van der Waals surface area contributed by atoms with E-state index in [0.29, 0.717) is 16.5 Å². The SMILES string of the molecule is C[C@H](SCC(=O)Nc1ccc(F)cc1)C(=O)OCCOc1ccc(Cl)cc1. The fraction of sp³-hybridized carbons (Fsp3) is 0.263. The number of nitrogens with one attached hydrogen (secondary N) is 1. The third-order valence-corrected chi connectivity index (χ3v) is 4.71. The van der Waals surface area contributed by atoms with Crippen LogP contribution in [0.5, 0.6) is 5.75 Å². The van der Waals surface area contributed by atoms with Gasteiger partial charge in [0.2, 0.25) is 5.91 Å². The number of hydrogen-bond donors (Lipinski definition) is 1. The first kappa shape index (κ1) is 21.1. The van der Waals surface area contributed by atoms with E-state index in [0.717, 1.165) is 11.8 Å². The van der Waals surface area contributed by atoms with Crippen LogP contribution in [0, 0.1) is 5.82 Å². The average Bonchev–Trinajstić information content (AvgIpc) is 2.66. The van der Waals surface area contributed by atoms with Crippen LogP contribution in [0.4, 0.5) is 10.1 Å². The molecule has 2 rings (SSSR count). The van der Waals surface area contributed by atoms with Crippen LogP contribution in [0.1, 0.15) is 6.92 Å². The number of carbonyl (C=O) groups excluding carboxylic acids is 2. The Bertz CT molecular complexity index is 755. The second-order valence-corrected chi connectivity index (χ2v) is 7.24. The molecule has 1 amide bonds. The average molecular weight is 412 g/mol. The van der Waals surface area contributed by atoms with Gasteiger partial charge in [-0.15, -0.1) is 11.8 Å². The first-order valence-corrected chi connectivity index (χ1v) is 9.59. The predicted octanol–water partition coefficient (Wildman–Crippen LogP) is 4.16. The second-order valence-electron chi connectivity index (χ2n) is 5.48. The molecule has 144 valence electrons. The van der Waals surface area contributed by atoms with Crippen molar-refractivity contribution in [2.45, 2.75) is 12.2 Å². The zero-order valence-corrected chi connectivity index (χ0v) is 16.2. The summed E-state index contributed by atoms with van der Waals surface area (Å²) < 4.78 is 23.4. The van der Waals surface area contributed by atoms with Gasteiger partial charge in [-0.1, -0.05) is 11.6 Å². The molecule has 2 aromatic carbocycles. The first-order valence-electron chi connectivity index (χ1n) is 8.16. The van der Waals surface area contributed by atoms with Gasteiger partial charge >= 0.3 is 5.97 Å². The number of carbonyl (C=O) groups is 2. The summed E-state index contributed by atoms with van der Waals surface area (Å²) in [4.78, 5) is 23.8. The first-order chi connectivity index (χ1) is 12.9. The maximum Gasteiger partial charge on any atom is 0.318 e. The van der Waals surface area contributed by atoms with E-state index in [1.807, 2.05) is 0 Å². The number of ether oxygens (including phenoxy) is 2. The predicted molar refractivity (Wildman–Crippen MR) is 105 cm³/mol.